The Hall–Kier alpha value is -2.87. The van der Waals surface area contributed by atoms with Gasteiger partial charge in [0.1, 0.15) is 17.1 Å². The first-order valence-electron chi connectivity index (χ1n) is 13.3. The Kier molecular flexibility index (Phi) is 18.6. The summed E-state index contributed by atoms with van der Waals surface area (Å²) in [5.74, 6) is 1.30. The third kappa shape index (κ3) is 14.8. The lowest BCUT2D eigenvalue weighted by Crippen LogP contribution is -2.15. The van der Waals surface area contributed by atoms with Crippen molar-refractivity contribution < 1.29 is 23.8 Å². The van der Waals surface area contributed by atoms with Crippen molar-refractivity contribution in [1.82, 2.24) is 5.32 Å². The van der Waals surface area contributed by atoms with Gasteiger partial charge in [-0.3, -0.25) is 9.59 Å². The van der Waals surface area contributed by atoms with Crippen molar-refractivity contribution in [3.8, 4) is 5.75 Å². The minimum absolute atomic E-state index is 0.0131. The first-order valence-corrected chi connectivity index (χ1v) is 14.1. The average Bonchev–Trinajstić information content (AvgIpc) is 3.31. The molecule has 214 valence electrons. The van der Waals surface area contributed by atoms with Gasteiger partial charge in [0, 0.05) is 35.2 Å². The van der Waals surface area contributed by atoms with Gasteiger partial charge in [-0.1, -0.05) is 47.6 Å². The van der Waals surface area contributed by atoms with Gasteiger partial charge in [-0.25, -0.2) is 4.79 Å². The molecule has 2 N–H and O–H groups in total. The number of hydrogen-bond donors (Lipinski definition) is 2. The van der Waals surface area contributed by atoms with Crippen LogP contribution in [-0.2, 0) is 22.4 Å². The molecule has 0 aliphatic rings. The zero-order valence-corrected chi connectivity index (χ0v) is 25.2. The standard InChI is InChI=1S/C15H21NO4.C13H22S.C2H4O2/c1-4-11(17)14-12(18)9-13(20-15(14)19)10(2)7-5-6-8-16-3;1-10(2)5-6-12-7-8-13(14-12)9-11(3)4;1-4-2-3/h6,8-10,16,18H,4-5,7H2,1-3H3;7-8,10-11H,5-6,9H2,1-4H3;2H,1H3/b8-6+;;. The Labute approximate surface area is 232 Å². The maximum Gasteiger partial charge on any atom is 0.350 e. The van der Waals surface area contributed by atoms with Crippen molar-refractivity contribution in [2.75, 3.05) is 14.2 Å². The first kappa shape index (κ1) is 35.1. The number of carbonyl (C=O) groups is 2. The molecule has 0 spiro atoms. The molecule has 1 unspecified atom stereocenters. The molecule has 0 aliphatic heterocycles. The van der Waals surface area contributed by atoms with E-state index in [9.17, 15) is 14.7 Å². The van der Waals surface area contributed by atoms with Crippen molar-refractivity contribution in [2.24, 2.45) is 11.8 Å². The second-order valence-electron chi connectivity index (χ2n) is 9.87. The van der Waals surface area contributed by atoms with E-state index in [-0.39, 0.29) is 23.7 Å². The number of allylic oxidation sites excluding steroid dienone is 1. The van der Waals surface area contributed by atoms with Crippen LogP contribution >= 0.6 is 11.3 Å². The second kappa shape index (κ2) is 20.1. The number of carbonyl (C=O) groups excluding carboxylic acids is 2. The first-order chi connectivity index (χ1) is 18.0. The molecule has 2 rings (SSSR count). The fourth-order valence-electron chi connectivity index (χ4n) is 3.36. The lowest BCUT2D eigenvalue weighted by Gasteiger charge is -2.10. The number of Topliss-reactive ketones (excluding diaryl/α,β-unsaturated/α-hetero) is 1. The van der Waals surface area contributed by atoms with Gasteiger partial charge in [-0.2, -0.15) is 0 Å². The van der Waals surface area contributed by atoms with Crippen LogP contribution in [0, 0.1) is 11.8 Å². The summed E-state index contributed by atoms with van der Waals surface area (Å²) in [6.45, 7) is 13.1. The van der Waals surface area contributed by atoms with Crippen molar-refractivity contribution in [3.63, 3.8) is 0 Å². The average molecular weight is 550 g/mol. The summed E-state index contributed by atoms with van der Waals surface area (Å²) in [7, 11) is 3.13. The van der Waals surface area contributed by atoms with Gasteiger partial charge in [0.05, 0.1) is 7.11 Å². The SMILES string of the molecule is CC(C)CCc1ccc(CC(C)C)s1.CCC(=O)c1c(O)cc(C(C)CC/C=C/NC)oc1=O.COC=O. The van der Waals surface area contributed by atoms with E-state index in [1.54, 1.807) is 16.7 Å². The molecule has 0 saturated heterocycles. The van der Waals surface area contributed by atoms with E-state index >= 15 is 0 Å². The van der Waals surface area contributed by atoms with E-state index in [0.29, 0.717) is 12.2 Å². The maximum atomic E-state index is 11.8. The van der Waals surface area contributed by atoms with Crippen LogP contribution in [-0.4, -0.2) is 31.5 Å². The number of hydrogen-bond acceptors (Lipinski definition) is 8. The van der Waals surface area contributed by atoms with Gasteiger partial charge >= 0.3 is 5.63 Å². The number of nitrogens with one attached hydrogen (secondary N) is 1. The molecule has 8 heteroatoms. The normalized spacial score (nSPS) is 11.4. The Morgan fingerprint density at radius 3 is 2.26 bits per heavy atom. The molecule has 0 aliphatic carbocycles. The van der Waals surface area contributed by atoms with Gasteiger partial charge in [-0.05, 0) is 62.3 Å². The Balaban J connectivity index is 0.000000660. The van der Waals surface area contributed by atoms with E-state index in [1.807, 2.05) is 37.6 Å². The highest BCUT2D eigenvalue weighted by Gasteiger charge is 2.19. The number of rotatable bonds is 13. The molecule has 1 atom stereocenters. The van der Waals surface area contributed by atoms with Crippen molar-refractivity contribution in [1.29, 1.82) is 0 Å². The summed E-state index contributed by atoms with van der Waals surface area (Å²) >= 11 is 2.00. The van der Waals surface area contributed by atoms with Crippen LogP contribution in [0.1, 0.15) is 99.0 Å². The van der Waals surface area contributed by atoms with Crippen LogP contribution in [0.2, 0.25) is 0 Å². The van der Waals surface area contributed by atoms with Crippen molar-refractivity contribution in [2.45, 2.75) is 86.0 Å². The summed E-state index contributed by atoms with van der Waals surface area (Å²) in [4.78, 5) is 35.4. The van der Waals surface area contributed by atoms with E-state index in [2.05, 4.69) is 49.9 Å². The van der Waals surface area contributed by atoms with Crippen LogP contribution in [0.3, 0.4) is 0 Å². The summed E-state index contributed by atoms with van der Waals surface area (Å²) in [6.07, 6.45) is 9.40. The predicted molar refractivity (Wildman–Crippen MR) is 156 cm³/mol. The number of ketones is 1. The summed E-state index contributed by atoms with van der Waals surface area (Å²) in [6, 6.07) is 5.99. The Bertz CT molecular complexity index is 1020. The monoisotopic (exact) mass is 549 g/mol. The van der Waals surface area contributed by atoms with Crippen molar-refractivity contribution >= 4 is 23.6 Å². The van der Waals surface area contributed by atoms with Gasteiger partial charge in [0.25, 0.3) is 6.47 Å². The molecule has 2 aromatic heterocycles. The third-order valence-electron chi connectivity index (χ3n) is 5.48. The molecule has 38 heavy (non-hydrogen) atoms. The highest BCUT2D eigenvalue weighted by atomic mass is 32.1. The molecular formula is C30H47NO6S. The Morgan fingerprint density at radius 1 is 1.13 bits per heavy atom. The van der Waals surface area contributed by atoms with Gasteiger partial charge < -0.3 is 19.6 Å². The molecule has 0 saturated carbocycles. The molecule has 7 nitrogen and oxygen atoms in total. The zero-order valence-electron chi connectivity index (χ0n) is 24.3. The minimum Gasteiger partial charge on any atom is -0.507 e. The van der Waals surface area contributed by atoms with Gasteiger partial charge in [0.2, 0.25) is 0 Å². The zero-order chi connectivity index (χ0) is 29.1. The van der Waals surface area contributed by atoms with Gasteiger partial charge in [-0.15, -0.1) is 11.3 Å². The molecule has 2 aromatic rings. The molecular weight excluding hydrogens is 502 g/mol. The minimum atomic E-state index is -0.760. The van der Waals surface area contributed by atoms with E-state index in [4.69, 9.17) is 9.21 Å². The topological polar surface area (TPSA) is 106 Å². The fraction of sp³-hybridized carbons (Fsp3) is 0.567. The van der Waals surface area contributed by atoms with Crippen LogP contribution in [0.25, 0.3) is 0 Å². The van der Waals surface area contributed by atoms with E-state index in [0.717, 1.165) is 24.7 Å². The number of aromatic hydroxyl groups is 1. The lowest BCUT2D eigenvalue weighted by atomic mass is 10.0. The second-order valence-corrected chi connectivity index (χ2v) is 11.1. The number of aryl methyl sites for hydroxylation is 1. The lowest BCUT2D eigenvalue weighted by molar-refractivity contribution is -0.126. The summed E-state index contributed by atoms with van der Waals surface area (Å²) < 4.78 is 9.02. The largest absolute Gasteiger partial charge is 0.507 e. The number of ether oxygens (including phenoxy) is 1. The maximum absolute atomic E-state index is 11.8. The molecule has 2 heterocycles. The highest BCUT2D eigenvalue weighted by molar-refractivity contribution is 7.11. The fourth-order valence-corrected chi connectivity index (χ4v) is 4.61. The molecule has 0 amide bonds. The quantitative estimate of drug-likeness (QED) is 0.207. The number of thiophene rings is 1. The molecule has 0 radical (unpaired) electrons. The van der Waals surface area contributed by atoms with Crippen LogP contribution in [0.5, 0.6) is 5.75 Å². The highest BCUT2D eigenvalue weighted by Crippen LogP contribution is 2.25. The molecule has 0 fully saturated rings. The van der Waals surface area contributed by atoms with Crippen LogP contribution in [0.15, 0.2) is 39.7 Å². The number of methoxy groups -OCH3 is 1. The Morgan fingerprint density at radius 2 is 1.76 bits per heavy atom. The predicted octanol–water partition coefficient (Wildman–Crippen LogP) is 6.88. The third-order valence-corrected chi connectivity index (χ3v) is 6.64. The van der Waals surface area contributed by atoms with E-state index in [1.165, 1.54) is 32.4 Å². The van der Waals surface area contributed by atoms with Crippen LogP contribution < -0.4 is 10.9 Å². The van der Waals surface area contributed by atoms with Crippen LogP contribution in [0.4, 0.5) is 0 Å². The van der Waals surface area contributed by atoms with E-state index < -0.39 is 11.4 Å². The smallest absolute Gasteiger partial charge is 0.350 e. The van der Waals surface area contributed by atoms with Crippen molar-refractivity contribution in [3.05, 3.63) is 62.0 Å². The molecule has 0 aromatic carbocycles. The summed E-state index contributed by atoms with van der Waals surface area (Å²) in [5, 5.41) is 12.7. The molecule has 0 bridgehead atoms. The van der Waals surface area contributed by atoms with Gasteiger partial charge in [0.15, 0.2) is 5.78 Å². The summed E-state index contributed by atoms with van der Waals surface area (Å²) in [5.41, 5.74) is -1.01.